The van der Waals surface area contributed by atoms with E-state index < -0.39 is 6.10 Å². The number of nitrogens with zero attached hydrogens (tertiary/aromatic N) is 2. The molecule has 3 aromatic carbocycles. The third-order valence-electron chi connectivity index (χ3n) is 6.90. The Morgan fingerprint density at radius 3 is 2.36 bits per heavy atom. The molecule has 0 unspecified atom stereocenters. The van der Waals surface area contributed by atoms with Gasteiger partial charge in [0.25, 0.3) is 5.91 Å². The third-order valence-corrected chi connectivity index (χ3v) is 6.90. The summed E-state index contributed by atoms with van der Waals surface area (Å²) in [5, 5.41) is 13.8. The highest BCUT2D eigenvalue weighted by Gasteiger charge is 2.32. The van der Waals surface area contributed by atoms with Gasteiger partial charge in [-0.25, -0.2) is 0 Å². The number of likely N-dealkylation sites (N-methyl/N-ethyl adjacent to an activating group) is 1. The monoisotopic (exact) mass is 441 g/mol. The summed E-state index contributed by atoms with van der Waals surface area (Å²) in [6.07, 6.45) is -0.0337. The van der Waals surface area contributed by atoms with E-state index in [-0.39, 0.29) is 11.9 Å². The summed E-state index contributed by atoms with van der Waals surface area (Å²) in [6, 6.07) is 23.8. The zero-order valence-corrected chi connectivity index (χ0v) is 19.1. The number of piperazine rings is 1. The van der Waals surface area contributed by atoms with Crippen molar-refractivity contribution in [3.8, 4) is 11.1 Å². The molecule has 0 saturated carbocycles. The summed E-state index contributed by atoms with van der Waals surface area (Å²) in [4.78, 5) is 17.8. The molecular weight excluding hydrogens is 410 g/mol. The minimum atomic E-state index is -0.605. The molecule has 33 heavy (non-hydrogen) atoms. The van der Waals surface area contributed by atoms with Crippen LogP contribution in [0, 0.1) is 0 Å². The highest BCUT2D eigenvalue weighted by molar-refractivity contribution is 5.95. The molecule has 5 nitrogen and oxygen atoms in total. The van der Waals surface area contributed by atoms with Gasteiger partial charge >= 0.3 is 0 Å². The first-order valence-corrected chi connectivity index (χ1v) is 11.7. The fourth-order valence-corrected chi connectivity index (χ4v) is 4.88. The number of aliphatic hydroxyl groups is 1. The topological polar surface area (TPSA) is 55.8 Å². The van der Waals surface area contributed by atoms with E-state index in [1.807, 2.05) is 42.5 Å². The van der Waals surface area contributed by atoms with Gasteiger partial charge in [-0.3, -0.25) is 9.69 Å². The lowest BCUT2D eigenvalue weighted by Gasteiger charge is -2.32. The molecule has 2 aliphatic rings. The van der Waals surface area contributed by atoms with Crippen molar-refractivity contribution >= 4 is 5.91 Å². The summed E-state index contributed by atoms with van der Waals surface area (Å²) in [6.45, 7) is 5.21. The number of aliphatic hydroxyl groups excluding tert-OH is 1. The van der Waals surface area contributed by atoms with Crippen LogP contribution in [0.4, 0.5) is 0 Å². The molecule has 0 spiro atoms. The quantitative estimate of drug-likeness (QED) is 0.637. The highest BCUT2D eigenvalue weighted by Crippen LogP contribution is 2.33. The van der Waals surface area contributed by atoms with E-state index in [2.05, 4.69) is 52.5 Å². The molecule has 3 aromatic rings. The smallest absolute Gasteiger partial charge is 0.251 e. The molecule has 0 bridgehead atoms. The molecule has 5 heteroatoms. The van der Waals surface area contributed by atoms with Gasteiger partial charge in [0.1, 0.15) is 0 Å². The van der Waals surface area contributed by atoms with Crippen LogP contribution in [0.25, 0.3) is 11.1 Å². The summed E-state index contributed by atoms with van der Waals surface area (Å²) in [7, 11) is 2.16. The maximum absolute atomic E-state index is 13.0. The molecular formula is C28H31N3O2. The Kier molecular flexibility index (Phi) is 6.27. The van der Waals surface area contributed by atoms with Gasteiger partial charge in [0.05, 0.1) is 12.1 Å². The van der Waals surface area contributed by atoms with Gasteiger partial charge in [-0.2, -0.15) is 0 Å². The number of rotatable bonds is 5. The van der Waals surface area contributed by atoms with Gasteiger partial charge in [0.2, 0.25) is 0 Å². The van der Waals surface area contributed by atoms with Crippen LogP contribution in [0.15, 0.2) is 72.8 Å². The van der Waals surface area contributed by atoms with Gasteiger partial charge in [0, 0.05) is 44.7 Å². The SMILES string of the molecule is CN1CCN(Cc2ccc3c(c2)[C@@H](NC(=O)c2ccc(-c4ccccc4)cc2)[C@H](O)C3)CC1. The molecule has 2 atom stereocenters. The molecule has 0 radical (unpaired) electrons. The van der Waals surface area contributed by atoms with E-state index in [4.69, 9.17) is 0 Å². The molecule has 170 valence electrons. The molecule has 5 rings (SSSR count). The zero-order valence-electron chi connectivity index (χ0n) is 19.1. The number of carbonyl (C=O) groups excluding carboxylic acids is 1. The fourth-order valence-electron chi connectivity index (χ4n) is 4.88. The van der Waals surface area contributed by atoms with Crippen molar-refractivity contribution in [1.29, 1.82) is 0 Å². The number of carbonyl (C=O) groups is 1. The Morgan fingerprint density at radius 2 is 1.64 bits per heavy atom. The van der Waals surface area contributed by atoms with Crippen molar-refractivity contribution in [3.63, 3.8) is 0 Å². The Hall–Kier alpha value is -2.99. The van der Waals surface area contributed by atoms with Crippen LogP contribution < -0.4 is 5.32 Å². The summed E-state index contributed by atoms with van der Waals surface area (Å²) < 4.78 is 0. The first-order chi connectivity index (χ1) is 16.1. The number of fused-ring (bicyclic) bond motifs is 1. The van der Waals surface area contributed by atoms with Crippen molar-refractivity contribution in [2.24, 2.45) is 0 Å². The van der Waals surface area contributed by atoms with E-state index >= 15 is 0 Å². The van der Waals surface area contributed by atoms with Crippen LogP contribution in [0.2, 0.25) is 0 Å². The van der Waals surface area contributed by atoms with Crippen LogP contribution in [0.3, 0.4) is 0 Å². The van der Waals surface area contributed by atoms with E-state index in [0.717, 1.165) is 55.0 Å². The molecule has 1 saturated heterocycles. The lowest BCUT2D eigenvalue weighted by Crippen LogP contribution is -2.43. The molecule has 0 aromatic heterocycles. The maximum Gasteiger partial charge on any atom is 0.251 e. The largest absolute Gasteiger partial charge is 0.390 e. The van der Waals surface area contributed by atoms with Crippen LogP contribution in [-0.2, 0) is 13.0 Å². The van der Waals surface area contributed by atoms with Crippen molar-refractivity contribution < 1.29 is 9.90 Å². The summed E-state index contributed by atoms with van der Waals surface area (Å²) >= 11 is 0. The molecule has 1 amide bonds. The average Bonchev–Trinajstić information content (AvgIpc) is 3.15. The summed E-state index contributed by atoms with van der Waals surface area (Å²) in [5.74, 6) is -0.156. The minimum Gasteiger partial charge on any atom is -0.390 e. The molecule has 1 aliphatic carbocycles. The van der Waals surface area contributed by atoms with E-state index in [0.29, 0.717) is 12.0 Å². The van der Waals surface area contributed by atoms with Crippen molar-refractivity contribution in [3.05, 3.63) is 95.1 Å². The van der Waals surface area contributed by atoms with Gasteiger partial charge in [-0.05, 0) is 47.0 Å². The fraction of sp³-hybridized carbons (Fsp3) is 0.321. The van der Waals surface area contributed by atoms with Crippen LogP contribution >= 0.6 is 0 Å². The lowest BCUT2D eigenvalue weighted by molar-refractivity contribution is 0.0858. The lowest BCUT2D eigenvalue weighted by atomic mass is 10.0. The number of hydrogen-bond acceptors (Lipinski definition) is 4. The number of hydrogen-bond donors (Lipinski definition) is 2. The second-order valence-electron chi connectivity index (χ2n) is 9.28. The van der Waals surface area contributed by atoms with Crippen LogP contribution in [0.5, 0.6) is 0 Å². The van der Waals surface area contributed by atoms with Gasteiger partial charge < -0.3 is 15.3 Å². The van der Waals surface area contributed by atoms with Gasteiger partial charge in [-0.15, -0.1) is 0 Å². The predicted octanol–water partition coefficient (Wildman–Crippen LogP) is 3.49. The van der Waals surface area contributed by atoms with Crippen LogP contribution in [0.1, 0.15) is 33.1 Å². The Morgan fingerprint density at radius 1 is 0.939 bits per heavy atom. The number of benzene rings is 3. The minimum absolute atomic E-state index is 0.156. The van der Waals surface area contributed by atoms with E-state index in [9.17, 15) is 9.90 Å². The van der Waals surface area contributed by atoms with Gasteiger partial charge in [-0.1, -0.05) is 60.7 Å². The molecule has 1 aliphatic heterocycles. The standard InChI is InChI=1S/C28H31N3O2/c1-30-13-15-31(16-14-30)19-20-7-8-24-18-26(32)27(25(24)17-20)29-28(33)23-11-9-22(10-12-23)21-5-3-2-4-6-21/h2-12,17,26-27,32H,13-16,18-19H2,1H3,(H,29,33)/t26-,27-/m1/s1. The van der Waals surface area contributed by atoms with Crippen molar-refractivity contribution in [2.75, 3.05) is 33.2 Å². The van der Waals surface area contributed by atoms with Crippen molar-refractivity contribution in [2.45, 2.75) is 25.1 Å². The van der Waals surface area contributed by atoms with E-state index in [1.54, 1.807) is 0 Å². The Balaban J connectivity index is 1.29. The second-order valence-corrected chi connectivity index (χ2v) is 9.28. The molecule has 1 fully saturated rings. The van der Waals surface area contributed by atoms with Crippen LogP contribution in [-0.4, -0.2) is 60.1 Å². The second kappa shape index (κ2) is 9.48. The normalized spacial score (nSPS) is 21.0. The third kappa shape index (κ3) is 4.86. The Bertz CT molecular complexity index is 1110. The maximum atomic E-state index is 13.0. The summed E-state index contributed by atoms with van der Waals surface area (Å²) in [5.41, 5.74) is 6.20. The Labute approximate surface area is 195 Å². The molecule has 1 heterocycles. The first-order valence-electron chi connectivity index (χ1n) is 11.7. The van der Waals surface area contributed by atoms with Gasteiger partial charge in [0.15, 0.2) is 0 Å². The number of nitrogens with one attached hydrogen (secondary N) is 1. The molecule has 2 N–H and O–H groups in total. The van der Waals surface area contributed by atoms with Crippen molar-refractivity contribution in [1.82, 2.24) is 15.1 Å². The number of amides is 1. The first kappa shape index (κ1) is 21.8. The average molecular weight is 442 g/mol. The zero-order chi connectivity index (χ0) is 22.8. The van der Waals surface area contributed by atoms with E-state index in [1.165, 1.54) is 5.56 Å². The highest BCUT2D eigenvalue weighted by atomic mass is 16.3. The predicted molar refractivity (Wildman–Crippen MR) is 131 cm³/mol.